The maximum atomic E-state index is 12.2. The van der Waals surface area contributed by atoms with Crippen LogP contribution in [0, 0.1) is 5.92 Å². The fraction of sp³-hybridized carbons (Fsp3) is 0.375. The van der Waals surface area contributed by atoms with E-state index in [4.69, 9.17) is 0 Å². The third-order valence-corrected chi connectivity index (χ3v) is 4.75. The number of aromatic nitrogens is 1. The van der Waals surface area contributed by atoms with Gasteiger partial charge in [0.25, 0.3) is 5.91 Å². The van der Waals surface area contributed by atoms with E-state index in [1.807, 2.05) is 30.3 Å². The average molecular weight is 301 g/mol. The normalized spacial score (nSPS) is 18.4. The standard InChI is InChI=1S/C16H19N3OS/c20-15(18-10-12-5-4-8-17-9-12)14-11-19-16(21-14)13-6-2-1-3-7-13/h1-3,6-7,11-12,17H,4-5,8-10H2,(H,18,20). The quantitative estimate of drug-likeness (QED) is 0.912. The minimum Gasteiger partial charge on any atom is -0.351 e. The average Bonchev–Trinajstić information content (AvgIpc) is 3.04. The molecule has 2 aromatic rings. The van der Waals surface area contributed by atoms with Crippen LogP contribution in [-0.2, 0) is 0 Å². The number of piperidine rings is 1. The maximum absolute atomic E-state index is 12.2. The van der Waals surface area contributed by atoms with Crippen molar-refractivity contribution in [3.05, 3.63) is 41.4 Å². The Morgan fingerprint density at radius 2 is 2.24 bits per heavy atom. The van der Waals surface area contributed by atoms with Crippen LogP contribution >= 0.6 is 11.3 Å². The van der Waals surface area contributed by atoms with Crippen LogP contribution in [0.5, 0.6) is 0 Å². The first kappa shape index (κ1) is 14.2. The molecule has 0 radical (unpaired) electrons. The van der Waals surface area contributed by atoms with E-state index in [9.17, 15) is 4.79 Å². The molecule has 5 heteroatoms. The fourth-order valence-electron chi connectivity index (χ4n) is 2.52. The minimum atomic E-state index is -0.0137. The molecule has 1 aliphatic rings. The van der Waals surface area contributed by atoms with E-state index in [1.165, 1.54) is 24.2 Å². The van der Waals surface area contributed by atoms with Crippen LogP contribution in [0.15, 0.2) is 36.5 Å². The Kier molecular flexibility index (Phi) is 4.62. The zero-order valence-electron chi connectivity index (χ0n) is 11.8. The Hall–Kier alpha value is -1.72. The van der Waals surface area contributed by atoms with Crippen molar-refractivity contribution >= 4 is 17.2 Å². The number of thiazole rings is 1. The molecule has 1 atom stereocenters. The number of hydrogen-bond acceptors (Lipinski definition) is 4. The molecular weight excluding hydrogens is 282 g/mol. The number of carbonyl (C=O) groups is 1. The van der Waals surface area contributed by atoms with Gasteiger partial charge >= 0.3 is 0 Å². The number of amides is 1. The second-order valence-electron chi connectivity index (χ2n) is 5.32. The lowest BCUT2D eigenvalue weighted by Crippen LogP contribution is -2.37. The number of nitrogens with one attached hydrogen (secondary N) is 2. The molecule has 1 aliphatic heterocycles. The van der Waals surface area contributed by atoms with E-state index < -0.39 is 0 Å². The first-order chi connectivity index (χ1) is 10.3. The summed E-state index contributed by atoms with van der Waals surface area (Å²) in [5.41, 5.74) is 1.05. The summed E-state index contributed by atoms with van der Waals surface area (Å²) in [6.07, 6.45) is 4.05. The molecule has 1 saturated heterocycles. The third kappa shape index (κ3) is 3.68. The van der Waals surface area contributed by atoms with Crippen molar-refractivity contribution in [1.29, 1.82) is 0 Å². The topological polar surface area (TPSA) is 54.0 Å². The van der Waals surface area contributed by atoms with Gasteiger partial charge in [0.05, 0.1) is 6.20 Å². The van der Waals surface area contributed by atoms with Crippen molar-refractivity contribution in [2.75, 3.05) is 19.6 Å². The number of hydrogen-bond donors (Lipinski definition) is 2. The molecule has 3 rings (SSSR count). The molecule has 1 aromatic carbocycles. The van der Waals surface area contributed by atoms with E-state index in [2.05, 4.69) is 15.6 Å². The van der Waals surface area contributed by atoms with Crippen LogP contribution in [0.2, 0.25) is 0 Å². The van der Waals surface area contributed by atoms with Gasteiger partial charge in [-0.2, -0.15) is 0 Å². The molecule has 1 amide bonds. The molecule has 4 nitrogen and oxygen atoms in total. The molecule has 21 heavy (non-hydrogen) atoms. The largest absolute Gasteiger partial charge is 0.351 e. The molecule has 0 aliphatic carbocycles. The van der Waals surface area contributed by atoms with Gasteiger partial charge in [-0.25, -0.2) is 4.98 Å². The van der Waals surface area contributed by atoms with Gasteiger partial charge in [0, 0.05) is 12.1 Å². The molecule has 2 N–H and O–H groups in total. The number of benzene rings is 1. The second kappa shape index (κ2) is 6.83. The first-order valence-electron chi connectivity index (χ1n) is 7.33. The Labute approximate surface area is 128 Å². The monoisotopic (exact) mass is 301 g/mol. The van der Waals surface area contributed by atoms with Crippen LogP contribution in [0.3, 0.4) is 0 Å². The van der Waals surface area contributed by atoms with Crippen LogP contribution in [0.25, 0.3) is 10.6 Å². The summed E-state index contributed by atoms with van der Waals surface area (Å²) < 4.78 is 0. The van der Waals surface area contributed by atoms with Gasteiger partial charge in [-0.1, -0.05) is 30.3 Å². The highest BCUT2D eigenvalue weighted by Gasteiger charge is 2.16. The Morgan fingerprint density at radius 3 is 3.00 bits per heavy atom. The van der Waals surface area contributed by atoms with Crippen molar-refractivity contribution in [2.45, 2.75) is 12.8 Å². The summed E-state index contributed by atoms with van der Waals surface area (Å²) in [5.74, 6) is 0.532. The van der Waals surface area contributed by atoms with E-state index in [0.29, 0.717) is 10.8 Å². The highest BCUT2D eigenvalue weighted by atomic mass is 32.1. The third-order valence-electron chi connectivity index (χ3n) is 3.70. The van der Waals surface area contributed by atoms with Gasteiger partial charge < -0.3 is 10.6 Å². The van der Waals surface area contributed by atoms with E-state index in [-0.39, 0.29) is 5.91 Å². The summed E-state index contributed by atoms with van der Waals surface area (Å²) in [5, 5.41) is 7.28. The van der Waals surface area contributed by atoms with Crippen molar-refractivity contribution < 1.29 is 4.79 Å². The predicted molar refractivity (Wildman–Crippen MR) is 85.5 cm³/mol. The highest BCUT2D eigenvalue weighted by molar-refractivity contribution is 7.16. The lowest BCUT2D eigenvalue weighted by atomic mass is 10.00. The maximum Gasteiger partial charge on any atom is 0.263 e. The van der Waals surface area contributed by atoms with Gasteiger partial charge in [-0.05, 0) is 31.8 Å². The summed E-state index contributed by atoms with van der Waals surface area (Å²) in [6.45, 7) is 2.84. The molecule has 0 bridgehead atoms. The van der Waals surface area contributed by atoms with Crippen LogP contribution in [-0.4, -0.2) is 30.5 Å². The zero-order valence-corrected chi connectivity index (χ0v) is 12.7. The van der Waals surface area contributed by atoms with Crippen molar-refractivity contribution in [3.63, 3.8) is 0 Å². The molecule has 0 saturated carbocycles. The summed E-state index contributed by atoms with van der Waals surface area (Å²) in [6, 6.07) is 9.95. The van der Waals surface area contributed by atoms with E-state index in [0.717, 1.165) is 30.2 Å². The molecule has 110 valence electrons. The zero-order chi connectivity index (χ0) is 14.5. The Morgan fingerprint density at radius 1 is 1.38 bits per heavy atom. The van der Waals surface area contributed by atoms with Crippen LogP contribution in [0.1, 0.15) is 22.5 Å². The van der Waals surface area contributed by atoms with Crippen molar-refractivity contribution in [3.8, 4) is 10.6 Å². The van der Waals surface area contributed by atoms with E-state index in [1.54, 1.807) is 6.20 Å². The molecule has 1 fully saturated rings. The number of carbonyl (C=O) groups excluding carboxylic acids is 1. The smallest absolute Gasteiger partial charge is 0.263 e. The van der Waals surface area contributed by atoms with Crippen molar-refractivity contribution in [2.24, 2.45) is 5.92 Å². The van der Waals surface area contributed by atoms with Crippen LogP contribution in [0.4, 0.5) is 0 Å². The number of nitrogens with zero attached hydrogens (tertiary/aromatic N) is 1. The second-order valence-corrected chi connectivity index (χ2v) is 6.35. The van der Waals surface area contributed by atoms with Gasteiger partial charge in [0.1, 0.15) is 9.88 Å². The lowest BCUT2D eigenvalue weighted by Gasteiger charge is -2.22. The minimum absolute atomic E-state index is 0.0137. The summed E-state index contributed by atoms with van der Waals surface area (Å²) in [4.78, 5) is 17.2. The van der Waals surface area contributed by atoms with Gasteiger partial charge in [0.2, 0.25) is 0 Å². The molecule has 1 unspecified atom stereocenters. The SMILES string of the molecule is O=C(NCC1CCCNC1)c1cnc(-c2ccccc2)s1. The van der Waals surface area contributed by atoms with E-state index >= 15 is 0 Å². The molecule has 0 spiro atoms. The Balaban J connectivity index is 1.59. The molecular formula is C16H19N3OS. The summed E-state index contributed by atoms with van der Waals surface area (Å²) >= 11 is 1.44. The van der Waals surface area contributed by atoms with Gasteiger partial charge in [-0.3, -0.25) is 4.79 Å². The van der Waals surface area contributed by atoms with Gasteiger partial charge in [0.15, 0.2) is 0 Å². The number of rotatable bonds is 4. The van der Waals surface area contributed by atoms with Crippen molar-refractivity contribution in [1.82, 2.24) is 15.6 Å². The molecule has 2 heterocycles. The fourth-order valence-corrected chi connectivity index (χ4v) is 3.35. The summed E-state index contributed by atoms with van der Waals surface area (Å²) in [7, 11) is 0. The van der Waals surface area contributed by atoms with Gasteiger partial charge in [-0.15, -0.1) is 11.3 Å². The Bertz CT molecular complexity index is 591. The first-order valence-corrected chi connectivity index (χ1v) is 8.15. The highest BCUT2D eigenvalue weighted by Crippen LogP contribution is 2.24. The lowest BCUT2D eigenvalue weighted by molar-refractivity contribution is 0.0948. The predicted octanol–water partition coefficient (Wildman–Crippen LogP) is 2.54. The van der Waals surface area contributed by atoms with Crippen LogP contribution < -0.4 is 10.6 Å². The molecule has 1 aromatic heterocycles.